The molecule has 0 saturated carbocycles. The van der Waals surface area contributed by atoms with Gasteiger partial charge in [-0.25, -0.2) is 0 Å². The number of nitrogens with one attached hydrogen (secondary N) is 1. The zero-order valence-electron chi connectivity index (χ0n) is 11.8. The van der Waals surface area contributed by atoms with Crippen molar-refractivity contribution in [2.24, 2.45) is 11.1 Å². The lowest BCUT2D eigenvalue weighted by Gasteiger charge is -2.25. The zero-order valence-corrected chi connectivity index (χ0v) is 11.8. The van der Waals surface area contributed by atoms with E-state index >= 15 is 0 Å². The molecular weight excluding hydrogens is 242 g/mol. The third-order valence-electron chi connectivity index (χ3n) is 3.08. The highest BCUT2D eigenvalue weighted by molar-refractivity contribution is 5.94. The van der Waals surface area contributed by atoms with E-state index in [0.717, 1.165) is 25.3 Å². The Kier molecular flexibility index (Phi) is 5.18. The molecule has 0 bridgehead atoms. The summed E-state index contributed by atoms with van der Waals surface area (Å²) in [4.78, 5) is 11.0. The van der Waals surface area contributed by atoms with E-state index in [-0.39, 0.29) is 5.41 Å². The first-order valence-electron chi connectivity index (χ1n) is 6.28. The van der Waals surface area contributed by atoms with Crippen LogP contribution in [0, 0.1) is 5.41 Å². The maximum atomic E-state index is 11.0. The van der Waals surface area contributed by atoms with E-state index in [9.17, 15) is 4.79 Å². The van der Waals surface area contributed by atoms with Crippen molar-refractivity contribution in [2.45, 2.75) is 20.3 Å². The Morgan fingerprint density at radius 3 is 2.63 bits per heavy atom. The van der Waals surface area contributed by atoms with Gasteiger partial charge >= 0.3 is 0 Å². The van der Waals surface area contributed by atoms with Gasteiger partial charge in [0.25, 0.3) is 0 Å². The van der Waals surface area contributed by atoms with Gasteiger partial charge in [-0.15, -0.1) is 0 Å². The number of nitrogens with two attached hydrogens (primary N) is 2. The molecule has 1 rings (SSSR count). The Morgan fingerprint density at radius 2 is 2.11 bits per heavy atom. The minimum Gasteiger partial charge on any atom is -0.397 e. The summed E-state index contributed by atoms with van der Waals surface area (Å²) in [6.45, 7) is 5.82. The van der Waals surface area contributed by atoms with E-state index in [0.29, 0.717) is 11.3 Å². The highest BCUT2D eigenvalue weighted by Crippen LogP contribution is 2.24. The van der Waals surface area contributed by atoms with Gasteiger partial charge in [0.2, 0.25) is 5.91 Å². The number of ether oxygens (including phenoxy) is 1. The van der Waals surface area contributed by atoms with Crippen molar-refractivity contribution < 1.29 is 9.53 Å². The fourth-order valence-electron chi connectivity index (χ4n) is 1.68. The van der Waals surface area contributed by atoms with E-state index in [1.165, 1.54) is 0 Å². The molecule has 1 aromatic carbocycles. The normalized spacial score (nSPS) is 11.3. The number of hydrogen-bond acceptors (Lipinski definition) is 4. The van der Waals surface area contributed by atoms with Crippen LogP contribution in [0.5, 0.6) is 0 Å². The summed E-state index contributed by atoms with van der Waals surface area (Å²) >= 11 is 0. The molecule has 0 fully saturated rings. The molecule has 0 radical (unpaired) electrons. The maximum Gasteiger partial charge on any atom is 0.248 e. The first kappa shape index (κ1) is 15.3. The van der Waals surface area contributed by atoms with Gasteiger partial charge in [-0.2, -0.15) is 0 Å². The van der Waals surface area contributed by atoms with Gasteiger partial charge in [-0.05, 0) is 30.0 Å². The van der Waals surface area contributed by atoms with Crippen molar-refractivity contribution >= 4 is 17.3 Å². The van der Waals surface area contributed by atoms with E-state index < -0.39 is 5.91 Å². The van der Waals surface area contributed by atoms with Crippen molar-refractivity contribution in [2.75, 3.05) is 31.3 Å². The van der Waals surface area contributed by atoms with Crippen LogP contribution in [0.3, 0.4) is 0 Å². The summed E-state index contributed by atoms with van der Waals surface area (Å²) in [6, 6.07) is 5.04. The average molecular weight is 265 g/mol. The van der Waals surface area contributed by atoms with Crippen LogP contribution in [0.2, 0.25) is 0 Å². The molecule has 0 aliphatic rings. The first-order chi connectivity index (χ1) is 8.85. The smallest absolute Gasteiger partial charge is 0.248 e. The Labute approximate surface area is 114 Å². The number of carbonyl (C=O) groups is 1. The van der Waals surface area contributed by atoms with Crippen LogP contribution < -0.4 is 16.8 Å². The molecule has 1 aromatic rings. The molecule has 0 spiro atoms. The Bertz CT molecular complexity index is 444. The summed E-state index contributed by atoms with van der Waals surface area (Å²) in [5, 5.41) is 3.30. The minimum absolute atomic E-state index is 0.102. The number of hydrogen-bond donors (Lipinski definition) is 3. The van der Waals surface area contributed by atoms with Gasteiger partial charge in [0.1, 0.15) is 0 Å². The number of methoxy groups -OCH3 is 1. The van der Waals surface area contributed by atoms with E-state index in [1.54, 1.807) is 25.3 Å². The fraction of sp³-hybridized carbons (Fsp3) is 0.500. The molecule has 0 aromatic heterocycles. The number of carbonyl (C=O) groups excluding carboxylic acids is 1. The average Bonchev–Trinajstić information content (AvgIpc) is 2.35. The van der Waals surface area contributed by atoms with Crippen molar-refractivity contribution in [1.29, 1.82) is 0 Å². The summed E-state index contributed by atoms with van der Waals surface area (Å²) in [5.74, 6) is -0.473. The standard InChI is InChI=1S/C14H23N3O2/c1-14(2,6-7-19-3)9-17-12-5-4-10(13(16)18)8-11(12)15/h4-5,8,17H,6-7,9,15H2,1-3H3,(H2,16,18). The molecule has 5 N–H and O–H groups in total. The van der Waals surface area contributed by atoms with Gasteiger partial charge in [0.05, 0.1) is 11.4 Å². The highest BCUT2D eigenvalue weighted by atomic mass is 16.5. The predicted molar refractivity (Wildman–Crippen MR) is 78.1 cm³/mol. The molecular formula is C14H23N3O2. The quantitative estimate of drug-likeness (QED) is 0.656. The monoisotopic (exact) mass is 265 g/mol. The summed E-state index contributed by atoms with van der Waals surface area (Å²) in [5.41, 5.74) is 13.0. The van der Waals surface area contributed by atoms with Crippen molar-refractivity contribution in [3.05, 3.63) is 23.8 Å². The second-order valence-corrected chi connectivity index (χ2v) is 5.43. The molecule has 0 saturated heterocycles. The lowest BCUT2D eigenvalue weighted by atomic mass is 9.89. The minimum atomic E-state index is -0.473. The summed E-state index contributed by atoms with van der Waals surface area (Å²) in [7, 11) is 1.70. The van der Waals surface area contributed by atoms with Gasteiger partial charge in [-0.3, -0.25) is 4.79 Å². The van der Waals surface area contributed by atoms with Crippen LogP contribution in [0.4, 0.5) is 11.4 Å². The SMILES string of the molecule is COCCC(C)(C)CNc1ccc(C(N)=O)cc1N. The molecule has 1 amide bonds. The fourth-order valence-corrected chi connectivity index (χ4v) is 1.68. The molecule has 0 aliphatic heterocycles. The number of anilines is 2. The van der Waals surface area contributed by atoms with Gasteiger partial charge < -0.3 is 21.5 Å². The van der Waals surface area contributed by atoms with Crippen LogP contribution in [0.15, 0.2) is 18.2 Å². The molecule has 0 aliphatic carbocycles. The van der Waals surface area contributed by atoms with Crippen molar-refractivity contribution in [3.63, 3.8) is 0 Å². The predicted octanol–water partition coefficient (Wildman–Crippen LogP) is 1.84. The van der Waals surface area contributed by atoms with Gasteiger partial charge in [0.15, 0.2) is 0 Å². The van der Waals surface area contributed by atoms with Gasteiger partial charge in [-0.1, -0.05) is 13.8 Å². The second-order valence-electron chi connectivity index (χ2n) is 5.43. The summed E-state index contributed by atoms with van der Waals surface area (Å²) < 4.78 is 5.09. The Hall–Kier alpha value is -1.75. The third-order valence-corrected chi connectivity index (χ3v) is 3.08. The van der Waals surface area contributed by atoms with E-state index in [4.69, 9.17) is 16.2 Å². The van der Waals surface area contributed by atoms with E-state index in [2.05, 4.69) is 19.2 Å². The molecule has 0 heterocycles. The number of nitrogen functional groups attached to an aromatic ring is 1. The molecule has 0 unspecified atom stereocenters. The lowest BCUT2D eigenvalue weighted by Crippen LogP contribution is -2.25. The van der Waals surface area contributed by atoms with Crippen LogP contribution in [-0.2, 0) is 4.74 Å². The Morgan fingerprint density at radius 1 is 1.42 bits per heavy atom. The van der Waals surface area contributed by atoms with Crippen LogP contribution in [-0.4, -0.2) is 26.2 Å². The maximum absolute atomic E-state index is 11.0. The van der Waals surface area contributed by atoms with Crippen LogP contribution in [0.25, 0.3) is 0 Å². The highest BCUT2D eigenvalue weighted by Gasteiger charge is 2.17. The number of benzene rings is 1. The molecule has 5 nitrogen and oxygen atoms in total. The number of amides is 1. The number of primary amides is 1. The third kappa shape index (κ3) is 4.79. The molecule has 5 heteroatoms. The zero-order chi connectivity index (χ0) is 14.5. The molecule has 19 heavy (non-hydrogen) atoms. The van der Waals surface area contributed by atoms with Crippen LogP contribution >= 0.6 is 0 Å². The molecule has 0 atom stereocenters. The largest absolute Gasteiger partial charge is 0.397 e. The molecule has 106 valence electrons. The second kappa shape index (κ2) is 6.43. The van der Waals surface area contributed by atoms with Gasteiger partial charge in [0, 0.05) is 25.8 Å². The number of rotatable bonds is 7. The van der Waals surface area contributed by atoms with Crippen LogP contribution in [0.1, 0.15) is 30.6 Å². The topological polar surface area (TPSA) is 90.4 Å². The van der Waals surface area contributed by atoms with Crippen molar-refractivity contribution in [3.8, 4) is 0 Å². The van der Waals surface area contributed by atoms with Crippen molar-refractivity contribution in [1.82, 2.24) is 0 Å². The summed E-state index contributed by atoms with van der Waals surface area (Å²) in [6.07, 6.45) is 0.954. The Balaban J connectivity index is 2.65. The first-order valence-corrected chi connectivity index (χ1v) is 6.28. The lowest BCUT2D eigenvalue weighted by molar-refractivity contribution is 0.100. The van der Waals surface area contributed by atoms with E-state index in [1.807, 2.05) is 0 Å².